The van der Waals surface area contributed by atoms with Crippen molar-refractivity contribution in [3.8, 4) is 0 Å². The highest BCUT2D eigenvalue weighted by Gasteiger charge is 2.27. The predicted octanol–water partition coefficient (Wildman–Crippen LogP) is 3.11. The van der Waals surface area contributed by atoms with Crippen molar-refractivity contribution in [3.63, 3.8) is 0 Å². The molecule has 0 amide bonds. The van der Waals surface area contributed by atoms with Crippen molar-refractivity contribution in [1.29, 1.82) is 0 Å². The van der Waals surface area contributed by atoms with Crippen molar-refractivity contribution in [1.82, 2.24) is 10.2 Å². The maximum absolute atomic E-state index is 5.89. The standard InChI is InChI=1S/C15H26N2OS/c1-4-7-16-10-13-5-6-14(18-13)11-17-8-9-19-15(2,3)12-17/h5-6,16H,4,7-12H2,1-3H3. The van der Waals surface area contributed by atoms with Crippen molar-refractivity contribution in [2.45, 2.75) is 45.0 Å². The first-order chi connectivity index (χ1) is 9.09. The maximum Gasteiger partial charge on any atom is 0.118 e. The van der Waals surface area contributed by atoms with E-state index in [0.717, 1.165) is 50.7 Å². The van der Waals surface area contributed by atoms with Crippen LogP contribution in [0.15, 0.2) is 16.5 Å². The summed E-state index contributed by atoms with van der Waals surface area (Å²) in [6.45, 7) is 12.0. The molecule has 0 atom stereocenters. The summed E-state index contributed by atoms with van der Waals surface area (Å²) in [4.78, 5) is 2.50. The molecule has 108 valence electrons. The van der Waals surface area contributed by atoms with Crippen LogP contribution in [0.4, 0.5) is 0 Å². The first-order valence-electron chi connectivity index (χ1n) is 7.24. The van der Waals surface area contributed by atoms with Crippen LogP contribution in [0, 0.1) is 0 Å². The molecule has 1 aromatic rings. The minimum Gasteiger partial charge on any atom is -0.463 e. The Morgan fingerprint density at radius 3 is 2.89 bits per heavy atom. The van der Waals surface area contributed by atoms with Gasteiger partial charge in [-0.2, -0.15) is 11.8 Å². The van der Waals surface area contributed by atoms with Crippen LogP contribution in [0.3, 0.4) is 0 Å². The zero-order valence-corrected chi connectivity index (χ0v) is 13.2. The molecule has 0 aliphatic carbocycles. The number of furan rings is 1. The minimum atomic E-state index is 0.371. The fourth-order valence-electron chi connectivity index (χ4n) is 2.46. The summed E-state index contributed by atoms with van der Waals surface area (Å²) in [5, 5.41) is 3.37. The molecule has 2 rings (SSSR count). The van der Waals surface area contributed by atoms with Gasteiger partial charge in [0.2, 0.25) is 0 Å². The molecule has 2 heterocycles. The van der Waals surface area contributed by atoms with Crippen LogP contribution in [0.25, 0.3) is 0 Å². The van der Waals surface area contributed by atoms with Gasteiger partial charge in [-0.25, -0.2) is 0 Å². The van der Waals surface area contributed by atoms with Crippen molar-refractivity contribution < 1.29 is 4.42 Å². The van der Waals surface area contributed by atoms with E-state index in [9.17, 15) is 0 Å². The lowest BCUT2D eigenvalue weighted by Crippen LogP contribution is -2.42. The summed E-state index contributed by atoms with van der Waals surface area (Å²) in [5.74, 6) is 3.36. The molecule has 0 bridgehead atoms. The minimum absolute atomic E-state index is 0.371. The van der Waals surface area contributed by atoms with E-state index in [-0.39, 0.29) is 0 Å². The van der Waals surface area contributed by atoms with Gasteiger partial charge in [-0.3, -0.25) is 4.90 Å². The SMILES string of the molecule is CCCNCc1ccc(CN2CCSC(C)(C)C2)o1. The van der Waals surface area contributed by atoms with Gasteiger partial charge >= 0.3 is 0 Å². The molecule has 1 aromatic heterocycles. The molecular formula is C15H26N2OS. The Morgan fingerprint density at radius 1 is 1.37 bits per heavy atom. The second-order valence-electron chi connectivity index (χ2n) is 5.86. The lowest BCUT2D eigenvalue weighted by Gasteiger charge is -2.37. The number of thioether (sulfide) groups is 1. The Labute approximate surface area is 121 Å². The largest absolute Gasteiger partial charge is 0.463 e. The molecule has 3 nitrogen and oxygen atoms in total. The third-order valence-corrected chi connectivity index (χ3v) is 4.62. The van der Waals surface area contributed by atoms with Gasteiger partial charge in [-0.15, -0.1) is 0 Å². The van der Waals surface area contributed by atoms with E-state index in [1.807, 2.05) is 0 Å². The van der Waals surface area contributed by atoms with Crippen LogP contribution in [0.2, 0.25) is 0 Å². The Morgan fingerprint density at radius 2 is 2.16 bits per heavy atom. The van der Waals surface area contributed by atoms with Crippen LogP contribution in [0.5, 0.6) is 0 Å². The molecule has 0 spiro atoms. The number of hydrogen-bond acceptors (Lipinski definition) is 4. The first-order valence-corrected chi connectivity index (χ1v) is 8.22. The summed E-state index contributed by atoms with van der Waals surface area (Å²) < 4.78 is 6.26. The highest BCUT2D eigenvalue weighted by molar-refractivity contribution is 8.00. The third kappa shape index (κ3) is 4.86. The fraction of sp³-hybridized carbons (Fsp3) is 0.733. The van der Waals surface area contributed by atoms with Gasteiger partial charge in [0.25, 0.3) is 0 Å². The second-order valence-corrected chi connectivity index (χ2v) is 7.67. The molecule has 1 aliphatic heterocycles. The zero-order valence-electron chi connectivity index (χ0n) is 12.4. The highest BCUT2D eigenvalue weighted by atomic mass is 32.2. The molecule has 4 heteroatoms. The smallest absolute Gasteiger partial charge is 0.118 e. The lowest BCUT2D eigenvalue weighted by molar-refractivity contribution is 0.230. The molecule has 1 saturated heterocycles. The summed E-state index contributed by atoms with van der Waals surface area (Å²) in [6, 6.07) is 4.22. The van der Waals surface area contributed by atoms with E-state index >= 15 is 0 Å². The maximum atomic E-state index is 5.89. The van der Waals surface area contributed by atoms with Crippen LogP contribution < -0.4 is 5.32 Å². The van der Waals surface area contributed by atoms with E-state index in [2.05, 4.69) is 54.9 Å². The predicted molar refractivity (Wildman–Crippen MR) is 82.5 cm³/mol. The van der Waals surface area contributed by atoms with Gasteiger partial charge in [0.05, 0.1) is 13.1 Å². The Bertz CT molecular complexity index is 389. The van der Waals surface area contributed by atoms with E-state index in [1.165, 1.54) is 5.75 Å². The number of nitrogens with zero attached hydrogens (tertiary/aromatic N) is 1. The second kappa shape index (κ2) is 6.82. The van der Waals surface area contributed by atoms with Gasteiger partial charge in [0.1, 0.15) is 11.5 Å². The summed E-state index contributed by atoms with van der Waals surface area (Å²) in [5.41, 5.74) is 0. The summed E-state index contributed by atoms with van der Waals surface area (Å²) in [7, 11) is 0. The molecule has 1 N–H and O–H groups in total. The molecular weight excluding hydrogens is 256 g/mol. The molecule has 1 aliphatic rings. The fourth-order valence-corrected chi connectivity index (χ4v) is 3.64. The lowest BCUT2D eigenvalue weighted by atomic mass is 10.2. The Hall–Kier alpha value is -0.450. The van der Waals surface area contributed by atoms with Crippen molar-refractivity contribution in [2.75, 3.05) is 25.4 Å². The van der Waals surface area contributed by atoms with Crippen LogP contribution >= 0.6 is 11.8 Å². The van der Waals surface area contributed by atoms with Gasteiger partial charge in [-0.05, 0) is 38.9 Å². The molecule has 0 aromatic carbocycles. The highest BCUT2D eigenvalue weighted by Crippen LogP contribution is 2.30. The Kier molecular flexibility index (Phi) is 5.37. The molecule has 19 heavy (non-hydrogen) atoms. The van der Waals surface area contributed by atoms with E-state index in [0.29, 0.717) is 4.75 Å². The topological polar surface area (TPSA) is 28.4 Å². The third-order valence-electron chi connectivity index (χ3n) is 3.33. The van der Waals surface area contributed by atoms with E-state index in [1.54, 1.807) is 0 Å². The number of hydrogen-bond donors (Lipinski definition) is 1. The quantitative estimate of drug-likeness (QED) is 0.812. The van der Waals surface area contributed by atoms with Crippen molar-refractivity contribution in [3.05, 3.63) is 23.7 Å². The average Bonchev–Trinajstić information content (AvgIpc) is 2.76. The molecule has 0 unspecified atom stereocenters. The average molecular weight is 282 g/mol. The number of nitrogens with one attached hydrogen (secondary N) is 1. The van der Waals surface area contributed by atoms with Gasteiger partial charge < -0.3 is 9.73 Å². The Balaban J connectivity index is 1.82. The summed E-state index contributed by atoms with van der Waals surface area (Å²) in [6.07, 6.45) is 1.16. The van der Waals surface area contributed by atoms with Crippen LogP contribution in [-0.4, -0.2) is 35.0 Å². The van der Waals surface area contributed by atoms with Gasteiger partial charge in [-0.1, -0.05) is 6.92 Å². The summed E-state index contributed by atoms with van der Waals surface area (Å²) >= 11 is 2.07. The van der Waals surface area contributed by atoms with Crippen molar-refractivity contribution in [2.24, 2.45) is 0 Å². The zero-order chi connectivity index (χ0) is 13.7. The van der Waals surface area contributed by atoms with Crippen molar-refractivity contribution >= 4 is 11.8 Å². The molecule has 1 fully saturated rings. The first kappa shape index (κ1) is 14.9. The van der Waals surface area contributed by atoms with E-state index in [4.69, 9.17) is 4.42 Å². The van der Waals surface area contributed by atoms with Gasteiger partial charge in [0.15, 0.2) is 0 Å². The van der Waals surface area contributed by atoms with Crippen LogP contribution in [-0.2, 0) is 13.1 Å². The van der Waals surface area contributed by atoms with E-state index < -0.39 is 0 Å². The normalized spacial score (nSPS) is 19.7. The molecule has 0 saturated carbocycles. The molecule has 0 radical (unpaired) electrons. The number of rotatable bonds is 6. The van der Waals surface area contributed by atoms with Gasteiger partial charge in [0, 0.05) is 23.6 Å². The monoisotopic (exact) mass is 282 g/mol. The van der Waals surface area contributed by atoms with Crippen LogP contribution in [0.1, 0.15) is 38.7 Å².